The van der Waals surface area contributed by atoms with Gasteiger partial charge in [-0.05, 0) is 46.5 Å². The standard InChI is InChI=1S/C18H38N2O2/c1-8-12-15(13-9-2)19-14-18(10-3,11-4)20-16(21)22-17(5,6)7/h15,19H,8-14H2,1-7H3,(H,20,21). The molecule has 0 radical (unpaired) electrons. The normalized spacial score (nSPS) is 12.5. The number of nitrogens with one attached hydrogen (secondary N) is 2. The molecule has 0 aromatic heterocycles. The predicted molar refractivity (Wildman–Crippen MR) is 94.3 cm³/mol. The molecule has 132 valence electrons. The Morgan fingerprint density at radius 3 is 1.86 bits per heavy atom. The van der Waals surface area contributed by atoms with Crippen LogP contribution in [0.3, 0.4) is 0 Å². The Bertz CT molecular complexity index is 301. The van der Waals surface area contributed by atoms with Gasteiger partial charge in [0.1, 0.15) is 5.60 Å². The summed E-state index contributed by atoms with van der Waals surface area (Å²) in [6, 6.07) is 0.535. The summed E-state index contributed by atoms with van der Waals surface area (Å²) in [6.07, 6.45) is 6.19. The maximum Gasteiger partial charge on any atom is 0.408 e. The first kappa shape index (κ1) is 21.2. The van der Waals surface area contributed by atoms with Gasteiger partial charge in [0, 0.05) is 12.6 Å². The van der Waals surface area contributed by atoms with Crippen molar-refractivity contribution in [2.24, 2.45) is 0 Å². The van der Waals surface area contributed by atoms with Gasteiger partial charge >= 0.3 is 6.09 Å². The second-order valence-electron chi connectivity index (χ2n) is 7.27. The molecule has 2 N–H and O–H groups in total. The molecule has 1 amide bonds. The van der Waals surface area contributed by atoms with Crippen LogP contribution in [0.1, 0.15) is 87.0 Å². The van der Waals surface area contributed by atoms with E-state index in [-0.39, 0.29) is 11.6 Å². The van der Waals surface area contributed by atoms with Crippen molar-refractivity contribution in [3.8, 4) is 0 Å². The highest BCUT2D eigenvalue weighted by atomic mass is 16.6. The molecule has 0 aromatic carbocycles. The van der Waals surface area contributed by atoms with Crippen molar-refractivity contribution in [2.45, 2.75) is 104 Å². The molecule has 0 fully saturated rings. The zero-order valence-electron chi connectivity index (χ0n) is 15.8. The van der Waals surface area contributed by atoms with Crippen LogP contribution in [0.2, 0.25) is 0 Å². The minimum Gasteiger partial charge on any atom is -0.444 e. The lowest BCUT2D eigenvalue weighted by atomic mass is 9.92. The van der Waals surface area contributed by atoms with Crippen LogP contribution in [0.5, 0.6) is 0 Å². The van der Waals surface area contributed by atoms with Gasteiger partial charge in [0.05, 0.1) is 5.54 Å². The minimum absolute atomic E-state index is 0.234. The van der Waals surface area contributed by atoms with Crippen molar-refractivity contribution >= 4 is 6.09 Å². The Morgan fingerprint density at radius 1 is 1.00 bits per heavy atom. The van der Waals surface area contributed by atoms with Crippen molar-refractivity contribution in [1.29, 1.82) is 0 Å². The molecule has 0 aromatic rings. The van der Waals surface area contributed by atoms with Crippen molar-refractivity contribution in [2.75, 3.05) is 6.54 Å². The van der Waals surface area contributed by atoms with Gasteiger partial charge in [-0.1, -0.05) is 40.5 Å². The fourth-order valence-electron chi connectivity index (χ4n) is 2.63. The molecule has 0 rings (SSSR count). The number of rotatable bonds is 10. The molecule has 0 aliphatic rings. The Morgan fingerprint density at radius 2 is 1.50 bits per heavy atom. The Balaban J connectivity index is 4.69. The summed E-state index contributed by atoms with van der Waals surface area (Å²) in [5.41, 5.74) is -0.695. The van der Waals surface area contributed by atoms with E-state index in [2.05, 4.69) is 38.3 Å². The number of ether oxygens (including phenoxy) is 1. The molecule has 0 atom stereocenters. The van der Waals surface area contributed by atoms with Crippen molar-refractivity contribution < 1.29 is 9.53 Å². The summed E-state index contributed by atoms with van der Waals surface area (Å²) >= 11 is 0. The van der Waals surface area contributed by atoms with E-state index in [9.17, 15) is 4.79 Å². The first-order valence-corrected chi connectivity index (χ1v) is 8.96. The number of carbonyl (C=O) groups excluding carboxylic acids is 1. The maximum atomic E-state index is 12.1. The van der Waals surface area contributed by atoms with E-state index in [0.717, 1.165) is 19.4 Å². The number of hydrogen-bond acceptors (Lipinski definition) is 3. The number of carbonyl (C=O) groups is 1. The predicted octanol–water partition coefficient (Wildman–Crippen LogP) is 4.63. The van der Waals surface area contributed by atoms with Crippen LogP contribution in [0.15, 0.2) is 0 Å². The summed E-state index contributed by atoms with van der Waals surface area (Å²) in [4.78, 5) is 12.1. The highest BCUT2D eigenvalue weighted by Gasteiger charge is 2.30. The first-order chi connectivity index (χ1) is 10.2. The zero-order valence-corrected chi connectivity index (χ0v) is 15.8. The molecule has 0 saturated heterocycles. The largest absolute Gasteiger partial charge is 0.444 e. The molecule has 0 unspecified atom stereocenters. The van der Waals surface area contributed by atoms with Crippen LogP contribution >= 0.6 is 0 Å². The van der Waals surface area contributed by atoms with Gasteiger partial charge in [0.15, 0.2) is 0 Å². The average molecular weight is 315 g/mol. The van der Waals surface area contributed by atoms with Crippen LogP contribution in [0.25, 0.3) is 0 Å². The van der Waals surface area contributed by atoms with Crippen molar-refractivity contribution in [3.05, 3.63) is 0 Å². The zero-order chi connectivity index (χ0) is 17.2. The molecule has 0 saturated carbocycles. The summed E-state index contributed by atoms with van der Waals surface area (Å²) in [5.74, 6) is 0. The first-order valence-electron chi connectivity index (χ1n) is 8.96. The minimum atomic E-state index is -0.461. The van der Waals surface area contributed by atoms with E-state index in [1.807, 2.05) is 20.8 Å². The van der Waals surface area contributed by atoms with E-state index >= 15 is 0 Å². The molecule has 0 bridgehead atoms. The molecule has 0 spiro atoms. The van der Waals surface area contributed by atoms with E-state index in [0.29, 0.717) is 6.04 Å². The highest BCUT2D eigenvalue weighted by molar-refractivity contribution is 5.68. The monoisotopic (exact) mass is 314 g/mol. The van der Waals surface area contributed by atoms with Gasteiger partial charge in [-0.25, -0.2) is 4.79 Å². The van der Waals surface area contributed by atoms with Gasteiger partial charge in [0.2, 0.25) is 0 Å². The molecular formula is C18H38N2O2. The van der Waals surface area contributed by atoms with E-state index < -0.39 is 5.60 Å². The van der Waals surface area contributed by atoms with Gasteiger partial charge in [-0.15, -0.1) is 0 Å². The summed E-state index contributed by atoms with van der Waals surface area (Å²) in [5, 5.41) is 6.76. The van der Waals surface area contributed by atoms with Gasteiger partial charge in [-0.2, -0.15) is 0 Å². The smallest absolute Gasteiger partial charge is 0.408 e. The van der Waals surface area contributed by atoms with Gasteiger partial charge < -0.3 is 15.4 Å². The summed E-state index contributed by atoms with van der Waals surface area (Å²) in [6.45, 7) is 15.2. The third-order valence-corrected chi connectivity index (χ3v) is 4.12. The third kappa shape index (κ3) is 8.62. The maximum absolute atomic E-state index is 12.1. The number of amides is 1. The molecule has 0 aliphatic heterocycles. The average Bonchev–Trinajstić information content (AvgIpc) is 2.41. The Hall–Kier alpha value is -0.770. The van der Waals surface area contributed by atoms with Crippen LogP contribution in [0.4, 0.5) is 4.79 Å². The molecule has 4 nitrogen and oxygen atoms in total. The van der Waals surface area contributed by atoms with E-state index in [1.54, 1.807) is 0 Å². The van der Waals surface area contributed by atoms with Crippen LogP contribution in [-0.4, -0.2) is 29.8 Å². The second-order valence-corrected chi connectivity index (χ2v) is 7.27. The van der Waals surface area contributed by atoms with Gasteiger partial charge in [-0.3, -0.25) is 0 Å². The molecule has 0 heterocycles. The molecule has 4 heteroatoms. The fourth-order valence-corrected chi connectivity index (χ4v) is 2.63. The number of hydrogen-bond donors (Lipinski definition) is 2. The van der Waals surface area contributed by atoms with Crippen molar-refractivity contribution in [1.82, 2.24) is 10.6 Å². The lowest BCUT2D eigenvalue weighted by Crippen LogP contribution is -2.56. The molecule has 0 aliphatic carbocycles. The number of alkyl carbamates (subject to hydrolysis) is 1. The van der Waals surface area contributed by atoms with E-state index in [4.69, 9.17) is 4.74 Å². The van der Waals surface area contributed by atoms with Gasteiger partial charge in [0.25, 0.3) is 0 Å². The third-order valence-electron chi connectivity index (χ3n) is 4.12. The topological polar surface area (TPSA) is 50.4 Å². The van der Waals surface area contributed by atoms with Crippen LogP contribution < -0.4 is 10.6 Å². The van der Waals surface area contributed by atoms with Crippen LogP contribution in [0, 0.1) is 0 Å². The lowest BCUT2D eigenvalue weighted by molar-refractivity contribution is 0.0443. The fraction of sp³-hybridized carbons (Fsp3) is 0.944. The Kier molecular flexibility index (Phi) is 9.74. The lowest BCUT2D eigenvalue weighted by Gasteiger charge is -2.35. The summed E-state index contributed by atoms with van der Waals surface area (Å²) < 4.78 is 5.42. The quantitative estimate of drug-likeness (QED) is 0.618. The SMILES string of the molecule is CCCC(CCC)NCC(CC)(CC)NC(=O)OC(C)(C)C. The highest BCUT2D eigenvalue weighted by Crippen LogP contribution is 2.17. The van der Waals surface area contributed by atoms with E-state index in [1.165, 1.54) is 25.7 Å². The summed E-state index contributed by atoms with van der Waals surface area (Å²) in [7, 11) is 0. The molecule has 22 heavy (non-hydrogen) atoms. The second kappa shape index (κ2) is 10.1. The Labute approximate surface area is 137 Å². The molecular weight excluding hydrogens is 276 g/mol. The van der Waals surface area contributed by atoms with Crippen molar-refractivity contribution in [3.63, 3.8) is 0 Å². The van der Waals surface area contributed by atoms with Crippen LogP contribution in [-0.2, 0) is 4.74 Å².